The average molecular weight is 273 g/mol. The van der Waals surface area contributed by atoms with Crippen molar-refractivity contribution in [2.45, 2.75) is 20.0 Å². The molecule has 0 radical (unpaired) electrons. The Kier molecular flexibility index (Phi) is 4.15. The van der Waals surface area contributed by atoms with Crippen LogP contribution in [0, 0.1) is 25.2 Å². The van der Waals surface area contributed by atoms with E-state index in [9.17, 15) is 5.11 Å². The van der Waals surface area contributed by atoms with Crippen molar-refractivity contribution < 1.29 is 5.11 Å². The standard InChI is InChI=1S/C14H15N3OS/c1-9-5-10(2)17-14(12(9)6-15)16-7-13(18)11-3-4-19-8-11/h3-5,8,13,18H,7H2,1-2H3,(H,16,17). The molecule has 19 heavy (non-hydrogen) atoms. The molecular formula is C14H15N3OS. The van der Waals surface area contributed by atoms with Gasteiger partial charge in [-0.3, -0.25) is 0 Å². The van der Waals surface area contributed by atoms with Crippen LogP contribution in [0.1, 0.15) is 28.5 Å². The molecule has 2 heterocycles. The molecule has 0 saturated carbocycles. The number of nitrogens with one attached hydrogen (secondary N) is 1. The number of hydrogen-bond donors (Lipinski definition) is 2. The summed E-state index contributed by atoms with van der Waals surface area (Å²) in [6, 6.07) is 5.91. The van der Waals surface area contributed by atoms with Crippen LogP contribution in [0.2, 0.25) is 0 Å². The predicted molar refractivity (Wildman–Crippen MR) is 76.2 cm³/mol. The third-order valence-corrected chi connectivity index (χ3v) is 3.55. The van der Waals surface area contributed by atoms with Gasteiger partial charge in [-0.1, -0.05) is 0 Å². The van der Waals surface area contributed by atoms with Crippen molar-refractivity contribution in [3.8, 4) is 6.07 Å². The van der Waals surface area contributed by atoms with Gasteiger partial charge in [-0.05, 0) is 47.9 Å². The zero-order valence-corrected chi connectivity index (χ0v) is 11.7. The fourth-order valence-corrected chi connectivity index (χ4v) is 2.59. The molecule has 0 fully saturated rings. The number of aromatic nitrogens is 1. The number of hydrogen-bond acceptors (Lipinski definition) is 5. The molecule has 2 rings (SSSR count). The van der Waals surface area contributed by atoms with E-state index in [0.29, 0.717) is 17.9 Å². The van der Waals surface area contributed by atoms with Gasteiger partial charge in [-0.2, -0.15) is 16.6 Å². The molecule has 0 aliphatic carbocycles. The lowest BCUT2D eigenvalue weighted by Gasteiger charge is -2.13. The highest BCUT2D eigenvalue weighted by Crippen LogP contribution is 2.20. The summed E-state index contributed by atoms with van der Waals surface area (Å²) >= 11 is 1.55. The first-order valence-corrected chi connectivity index (χ1v) is 6.88. The molecule has 1 unspecified atom stereocenters. The lowest BCUT2D eigenvalue weighted by atomic mass is 10.1. The summed E-state index contributed by atoms with van der Waals surface area (Å²) in [5, 5.41) is 26.0. The minimum atomic E-state index is -0.597. The second-order valence-corrected chi connectivity index (χ2v) is 5.15. The highest BCUT2D eigenvalue weighted by molar-refractivity contribution is 7.07. The lowest BCUT2D eigenvalue weighted by Crippen LogP contribution is -2.14. The van der Waals surface area contributed by atoms with Gasteiger partial charge in [0.1, 0.15) is 11.9 Å². The van der Waals surface area contributed by atoms with Gasteiger partial charge in [0, 0.05) is 12.2 Å². The Hall–Kier alpha value is -1.90. The van der Waals surface area contributed by atoms with Crippen LogP contribution in [-0.2, 0) is 0 Å². The molecule has 0 spiro atoms. The van der Waals surface area contributed by atoms with Crippen LogP contribution in [0.3, 0.4) is 0 Å². The monoisotopic (exact) mass is 273 g/mol. The van der Waals surface area contributed by atoms with E-state index in [1.54, 1.807) is 11.3 Å². The van der Waals surface area contributed by atoms with Gasteiger partial charge in [0.2, 0.25) is 0 Å². The molecule has 0 amide bonds. The Morgan fingerprint density at radius 3 is 2.95 bits per heavy atom. The maximum absolute atomic E-state index is 10.0. The molecule has 2 N–H and O–H groups in total. The van der Waals surface area contributed by atoms with Crippen molar-refractivity contribution in [1.29, 1.82) is 5.26 Å². The topological polar surface area (TPSA) is 68.9 Å². The Morgan fingerprint density at radius 2 is 2.32 bits per heavy atom. The summed E-state index contributed by atoms with van der Waals surface area (Å²) in [5.74, 6) is 0.536. The van der Waals surface area contributed by atoms with E-state index in [1.807, 2.05) is 36.7 Å². The van der Waals surface area contributed by atoms with E-state index in [-0.39, 0.29) is 0 Å². The summed E-state index contributed by atoms with van der Waals surface area (Å²) in [6.45, 7) is 4.10. The molecule has 98 valence electrons. The quantitative estimate of drug-likeness (QED) is 0.898. The SMILES string of the molecule is Cc1cc(C)c(C#N)c(NCC(O)c2ccsc2)n1. The number of nitrogens with zero attached hydrogens (tertiary/aromatic N) is 2. The summed E-state index contributed by atoms with van der Waals surface area (Å²) in [4.78, 5) is 4.32. The molecule has 0 bridgehead atoms. The number of pyridine rings is 1. The third-order valence-electron chi connectivity index (χ3n) is 2.85. The maximum atomic E-state index is 10.0. The zero-order valence-electron chi connectivity index (χ0n) is 10.8. The molecular weight excluding hydrogens is 258 g/mol. The van der Waals surface area contributed by atoms with Crippen molar-refractivity contribution >= 4 is 17.2 Å². The van der Waals surface area contributed by atoms with Crippen molar-refractivity contribution in [3.63, 3.8) is 0 Å². The Balaban J connectivity index is 2.14. The van der Waals surface area contributed by atoms with Gasteiger partial charge in [-0.15, -0.1) is 0 Å². The van der Waals surface area contributed by atoms with Crippen molar-refractivity contribution in [2.75, 3.05) is 11.9 Å². The Morgan fingerprint density at radius 1 is 1.53 bits per heavy atom. The first-order chi connectivity index (χ1) is 9.11. The molecule has 0 saturated heterocycles. The normalized spacial score (nSPS) is 11.9. The molecule has 5 heteroatoms. The van der Waals surface area contributed by atoms with Crippen molar-refractivity contribution in [3.05, 3.63) is 45.3 Å². The fourth-order valence-electron chi connectivity index (χ4n) is 1.88. The van der Waals surface area contributed by atoms with Crippen LogP contribution in [0.25, 0.3) is 0 Å². The van der Waals surface area contributed by atoms with Crippen LogP contribution in [-0.4, -0.2) is 16.6 Å². The Labute approximate surface area is 116 Å². The Bertz CT molecular complexity index is 602. The third kappa shape index (κ3) is 3.11. The number of thiophene rings is 1. The second-order valence-electron chi connectivity index (χ2n) is 4.37. The highest BCUT2D eigenvalue weighted by Gasteiger charge is 2.12. The molecule has 0 aliphatic rings. The van der Waals surface area contributed by atoms with Gasteiger partial charge in [-0.25, -0.2) is 4.98 Å². The lowest BCUT2D eigenvalue weighted by molar-refractivity contribution is 0.192. The minimum Gasteiger partial charge on any atom is -0.387 e. The second kappa shape index (κ2) is 5.83. The van der Waals surface area contributed by atoms with Gasteiger partial charge >= 0.3 is 0 Å². The van der Waals surface area contributed by atoms with Gasteiger partial charge < -0.3 is 10.4 Å². The molecule has 0 aliphatic heterocycles. The maximum Gasteiger partial charge on any atom is 0.144 e. The van der Waals surface area contributed by atoms with Crippen LogP contribution < -0.4 is 5.32 Å². The van der Waals surface area contributed by atoms with Crippen LogP contribution in [0.5, 0.6) is 0 Å². The van der Waals surface area contributed by atoms with Crippen molar-refractivity contribution in [1.82, 2.24) is 4.98 Å². The van der Waals surface area contributed by atoms with E-state index >= 15 is 0 Å². The summed E-state index contributed by atoms with van der Waals surface area (Å²) in [5.41, 5.74) is 3.15. The predicted octanol–water partition coefficient (Wildman–Crippen LogP) is 2.78. The fraction of sp³-hybridized carbons (Fsp3) is 0.286. The van der Waals surface area contributed by atoms with Gasteiger partial charge in [0.25, 0.3) is 0 Å². The number of rotatable bonds is 4. The summed E-state index contributed by atoms with van der Waals surface area (Å²) in [7, 11) is 0. The number of aryl methyl sites for hydroxylation is 2. The minimum absolute atomic E-state index is 0.335. The highest BCUT2D eigenvalue weighted by atomic mass is 32.1. The molecule has 2 aromatic heterocycles. The smallest absolute Gasteiger partial charge is 0.144 e. The first-order valence-electron chi connectivity index (χ1n) is 5.94. The molecule has 0 aromatic carbocycles. The van der Waals surface area contributed by atoms with E-state index in [2.05, 4.69) is 16.4 Å². The average Bonchev–Trinajstić information content (AvgIpc) is 2.89. The number of anilines is 1. The van der Waals surface area contributed by atoms with E-state index in [4.69, 9.17) is 5.26 Å². The van der Waals surface area contributed by atoms with Crippen LogP contribution >= 0.6 is 11.3 Å². The molecule has 4 nitrogen and oxygen atoms in total. The summed E-state index contributed by atoms with van der Waals surface area (Å²) < 4.78 is 0. The van der Waals surface area contributed by atoms with Gasteiger partial charge in [0.05, 0.1) is 11.7 Å². The van der Waals surface area contributed by atoms with E-state index in [0.717, 1.165) is 16.8 Å². The number of aliphatic hydroxyl groups excluding tert-OH is 1. The van der Waals surface area contributed by atoms with Gasteiger partial charge in [0.15, 0.2) is 0 Å². The molecule has 2 aromatic rings. The summed E-state index contributed by atoms with van der Waals surface area (Å²) in [6.07, 6.45) is -0.597. The zero-order chi connectivity index (χ0) is 13.8. The largest absolute Gasteiger partial charge is 0.387 e. The molecule has 1 atom stereocenters. The van der Waals surface area contributed by atoms with E-state index in [1.165, 1.54) is 0 Å². The van der Waals surface area contributed by atoms with Crippen LogP contribution in [0.15, 0.2) is 22.9 Å². The van der Waals surface area contributed by atoms with Crippen molar-refractivity contribution in [2.24, 2.45) is 0 Å². The number of nitriles is 1. The van der Waals surface area contributed by atoms with E-state index < -0.39 is 6.10 Å². The number of aliphatic hydroxyl groups is 1. The van der Waals surface area contributed by atoms with Crippen LogP contribution in [0.4, 0.5) is 5.82 Å². The first kappa shape index (κ1) is 13.5.